The summed E-state index contributed by atoms with van der Waals surface area (Å²) < 4.78 is 32.1. The van der Waals surface area contributed by atoms with Crippen molar-refractivity contribution in [2.24, 2.45) is 0 Å². The molecule has 2 aliphatic rings. The maximum absolute atomic E-state index is 12.4. The lowest BCUT2D eigenvalue weighted by molar-refractivity contribution is 0.0747. The lowest BCUT2D eigenvalue weighted by Gasteiger charge is -2.40. The first-order chi connectivity index (χ1) is 9.66. The first-order valence-corrected chi connectivity index (χ1v) is 8.72. The van der Waals surface area contributed by atoms with Crippen LogP contribution in [0, 0.1) is 0 Å². The molecule has 0 amide bonds. The molecule has 0 unspecified atom stereocenters. The number of pyridine rings is 1. The van der Waals surface area contributed by atoms with E-state index >= 15 is 0 Å². The Bertz CT molecular complexity index is 535. The Morgan fingerprint density at radius 2 is 1.95 bits per heavy atom. The van der Waals surface area contributed by atoms with Gasteiger partial charge in [-0.15, -0.1) is 0 Å². The van der Waals surface area contributed by atoms with Crippen molar-refractivity contribution in [3.05, 3.63) is 24.5 Å². The second-order valence-corrected chi connectivity index (χ2v) is 7.76. The summed E-state index contributed by atoms with van der Waals surface area (Å²) >= 11 is 0. The van der Waals surface area contributed by atoms with E-state index in [-0.39, 0.29) is 11.4 Å². The van der Waals surface area contributed by atoms with Crippen molar-refractivity contribution in [1.29, 1.82) is 0 Å². The molecule has 0 radical (unpaired) electrons. The van der Waals surface area contributed by atoms with Gasteiger partial charge in [0.2, 0.25) is 10.0 Å². The fourth-order valence-electron chi connectivity index (χ4n) is 2.87. The molecule has 2 heterocycles. The van der Waals surface area contributed by atoms with Gasteiger partial charge in [0.1, 0.15) is 11.9 Å². The minimum absolute atomic E-state index is 0.0439. The fraction of sp³-hybridized carbons (Fsp3) is 0.643. The topological polar surface area (TPSA) is 59.5 Å². The van der Waals surface area contributed by atoms with E-state index in [0.717, 1.165) is 25.7 Å². The molecule has 0 bridgehead atoms. The van der Waals surface area contributed by atoms with Gasteiger partial charge in [-0.2, -0.15) is 4.31 Å². The van der Waals surface area contributed by atoms with Gasteiger partial charge in [0.05, 0.1) is 24.5 Å². The number of sulfonamides is 1. The van der Waals surface area contributed by atoms with Crippen molar-refractivity contribution >= 4 is 10.0 Å². The van der Waals surface area contributed by atoms with E-state index in [9.17, 15) is 8.42 Å². The van der Waals surface area contributed by atoms with Gasteiger partial charge in [0.15, 0.2) is 0 Å². The zero-order chi connectivity index (χ0) is 14.0. The number of hydrogen-bond acceptors (Lipinski definition) is 4. The third-order valence-corrected chi connectivity index (χ3v) is 6.42. The van der Waals surface area contributed by atoms with Crippen molar-refractivity contribution in [3.8, 4) is 5.75 Å². The van der Waals surface area contributed by atoms with Crippen LogP contribution >= 0.6 is 0 Å². The Hall–Kier alpha value is -1.14. The van der Waals surface area contributed by atoms with Crippen LogP contribution in [0.15, 0.2) is 24.5 Å². The van der Waals surface area contributed by atoms with Crippen molar-refractivity contribution < 1.29 is 13.2 Å². The third kappa shape index (κ3) is 2.81. The Labute approximate surface area is 120 Å². The van der Waals surface area contributed by atoms with E-state index in [0.29, 0.717) is 18.8 Å². The van der Waals surface area contributed by atoms with Gasteiger partial charge in [-0.05, 0) is 25.0 Å². The maximum Gasteiger partial charge on any atom is 0.217 e. The summed E-state index contributed by atoms with van der Waals surface area (Å²) in [6, 6.07) is 3.65. The average Bonchev–Trinajstić information content (AvgIpc) is 2.44. The molecule has 3 rings (SSSR count). The van der Waals surface area contributed by atoms with E-state index in [1.807, 2.05) is 12.1 Å². The highest BCUT2D eigenvalue weighted by Gasteiger charge is 2.41. The molecule has 1 saturated carbocycles. The van der Waals surface area contributed by atoms with E-state index in [2.05, 4.69) is 4.98 Å². The molecule has 0 N–H and O–H groups in total. The summed E-state index contributed by atoms with van der Waals surface area (Å²) in [6.45, 7) is 0.932. The van der Waals surface area contributed by atoms with E-state index in [1.54, 1.807) is 16.7 Å². The number of hydrogen-bond donors (Lipinski definition) is 0. The van der Waals surface area contributed by atoms with Gasteiger partial charge in [-0.25, -0.2) is 8.42 Å². The van der Waals surface area contributed by atoms with Crippen LogP contribution in [0.5, 0.6) is 5.75 Å². The third-order valence-electron chi connectivity index (χ3n) is 4.09. The van der Waals surface area contributed by atoms with E-state index in [1.165, 1.54) is 6.42 Å². The van der Waals surface area contributed by atoms with Gasteiger partial charge in [0, 0.05) is 6.20 Å². The van der Waals surface area contributed by atoms with Crippen molar-refractivity contribution in [1.82, 2.24) is 9.29 Å². The lowest BCUT2D eigenvalue weighted by atomic mass is 10.0. The molecule has 0 spiro atoms. The molecular formula is C14H20N2O3S. The first-order valence-electron chi connectivity index (χ1n) is 7.22. The summed E-state index contributed by atoms with van der Waals surface area (Å²) in [6.07, 6.45) is 8.16. The second-order valence-electron chi connectivity index (χ2n) is 5.55. The highest BCUT2D eigenvalue weighted by atomic mass is 32.2. The SMILES string of the molecule is O=S(=O)(C1CCCCC1)N1CC(Oc2cccnc2)C1. The summed E-state index contributed by atoms with van der Waals surface area (Å²) in [5, 5.41) is -0.171. The van der Waals surface area contributed by atoms with Crippen LogP contribution in [-0.4, -0.2) is 42.2 Å². The highest BCUT2D eigenvalue weighted by Crippen LogP contribution is 2.29. The van der Waals surface area contributed by atoms with Crippen LogP contribution < -0.4 is 4.74 Å². The monoisotopic (exact) mass is 296 g/mol. The fourth-order valence-corrected chi connectivity index (χ4v) is 4.96. The van der Waals surface area contributed by atoms with Gasteiger partial charge < -0.3 is 4.74 Å². The van der Waals surface area contributed by atoms with Gasteiger partial charge in [0.25, 0.3) is 0 Å². The molecule has 5 nitrogen and oxygen atoms in total. The van der Waals surface area contributed by atoms with Crippen LogP contribution in [0.2, 0.25) is 0 Å². The van der Waals surface area contributed by atoms with E-state index < -0.39 is 10.0 Å². The van der Waals surface area contributed by atoms with Gasteiger partial charge >= 0.3 is 0 Å². The van der Waals surface area contributed by atoms with Crippen LogP contribution in [-0.2, 0) is 10.0 Å². The largest absolute Gasteiger partial charge is 0.486 e. The zero-order valence-corrected chi connectivity index (χ0v) is 12.3. The van der Waals surface area contributed by atoms with Crippen LogP contribution in [0.25, 0.3) is 0 Å². The highest BCUT2D eigenvalue weighted by molar-refractivity contribution is 7.89. The Morgan fingerprint density at radius 3 is 2.60 bits per heavy atom. The minimum Gasteiger partial charge on any atom is -0.486 e. The predicted octanol–water partition coefficient (Wildman–Crippen LogP) is 1.81. The molecule has 0 atom stereocenters. The minimum atomic E-state index is -3.11. The smallest absolute Gasteiger partial charge is 0.217 e. The maximum atomic E-state index is 12.4. The predicted molar refractivity (Wildman–Crippen MR) is 76.0 cm³/mol. The molecule has 1 saturated heterocycles. The van der Waals surface area contributed by atoms with Crippen LogP contribution in [0.1, 0.15) is 32.1 Å². The standard InChI is InChI=1S/C14H20N2O3S/c17-20(18,14-6-2-1-3-7-14)16-10-13(11-16)19-12-5-4-8-15-9-12/h4-5,8-9,13-14H,1-3,6-7,10-11H2. The summed E-state index contributed by atoms with van der Waals surface area (Å²) in [4.78, 5) is 3.98. The molecule has 110 valence electrons. The Morgan fingerprint density at radius 1 is 1.20 bits per heavy atom. The van der Waals surface area contributed by atoms with Crippen molar-refractivity contribution in [2.45, 2.75) is 43.5 Å². The molecule has 1 aromatic heterocycles. The van der Waals surface area contributed by atoms with Crippen LogP contribution in [0.4, 0.5) is 0 Å². The first kappa shape index (κ1) is 13.8. The van der Waals surface area contributed by atoms with Gasteiger partial charge in [-0.3, -0.25) is 4.98 Å². The average molecular weight is 296 g/mol. The van der Waals surface area contributed by atoms with Crippen LogP contribution in [0.3, 0.4) is 0 Å². The Balaban J connectivity index is 1.54. The summed E-state index contributed by atoms with van der Waals surface area (Å²) in [7, 11) is -3.11. The molecule has 2 fully saturated rings. The molecule has 6 heteroatoms. The van der Waals surface area contributed by atoms with Gasteiger partial charge in [-0.1, -0.05) is 19.3 Å². The lowest BCUT2D eigenvalue weighted by Crippen LogP contribution is -2.58. The normalized spacial score (nSPS) is 22.4. The molecule has 0 aromatic carbocycles. The van der Waals surface area contributed by atoms with E-state index in [4.69, 9.17) is 4.74 Å². The van der Waals surface area contributed by atoms with Crippen molar-refractivity contribution in [3.63, 3.8) is 0 Å². The number of aromatic nitrogens is 1. The molecule has 1 aromatic rings. The quantitative estimate of drug-likeness (QED) is 0.850. The number of nitrogens with zero attached hydrogens (tertiary/aromatic N) is 2. The Kier molecular flexibility index (Phi) is 3.94. The zero-order valence-electron chi connectivity index (χ0n) is 11.4. The summed E-state index contributed by atoms with van der Waals surface area (Å²) in [5.74, 6) is 0.701. The number of rotatable bonds is 4. The molecular weight excluding hydrogens is 276 g/mol. The summed E-state index contributed by atoms with van der Waals surface area (Å²) in [5.41, 5.74) is 0. The van der Waals surface area contributed by atoms with Crippen molar-refractivity contribution in [2.75, 3.05) is 13.1 Å². The second kappa shape index (κ2) is 5.69. The molecule has 1 aliphatic carbocycles. The molecule has 1 aliphatic heterocycles. The number of ether oxygens (including phenoxy) is 1. The molecule has 20 heavy (non-hydrogen) atoms.